The molecule has 0 fully saturated rings. The first-order valence-corrected chi connectivity index (χ1v) is 10.2. The first kappa shape index (κ1) is 20.3. The lowest BCUT2D eigenvalue weighted by Crippen LogP contribution is -2.34. The summed E-state index contributed by atoms with van der Waals surface area (Å²) in [6.45, 7) is 0.454. The number of aryl methyl sites for hydroxylation is 1. The predicted octanol–water partition coefficient (Wildman–Crippen LogP) is 4.41. The molecule has 1 amide bonds. The molecule has 0 saturated heterocycles. The molecular weight excluding hydrogens is 392 g/mol. The van der Waals surface area contributed by atoms with Crippen LogP contribution in [0.2, 0.25) is 0 Å². The van der Waals surface area contributed by atoms with Gasteiger partial charge in [-0.15, -0.1) is 0 Å². The standard InChI is InChI=1S/C25H22N2O4/c28-23(19-12-5-2-6-13-19)20-14-15-21-22(17-20)31-25(30)27(21)24(29)26-16-8-7-11-18-9-3-1-4-10-18/h1-6,9-10,12-15,17H,7-8,11,16H2,(H,26,29). The Balaban J connectivity index is 1.41. The van der Waals surface area contributed by atoms with Gasteiger partial charge in [0.1, 0.15) is 0 Å². The van der Waals surface area contributed by atoms with Crippen molar-refractivity contribution < 1.29 is 14.0 Å². The zero-order chi connectivity index (χ0) is 21.6. The average molecular weight is 414 g/mol. The van der Waals surface area contributed by atoms with Crippen LogP contribution in [0.25, 0.3) is 11.1 Å². The van der Waals surface area contributed by atoms with Crippen molar-refractivity contribution in [2.75, 3.05) is 6.54 Å². The van der Waals surface area contributed by atoms with Crippen molar-refractivity contribution in [2.45, 2.75) is 19.3 Å². The summed E-state index contributed by atoms with van der Waals surface area (Å²) in [5, 5.41) is 2.76. The van der Waals surface area contributed by atoms with E-state index in [-0.39, 0.29) is 11.4 Å². The molecule has 0 aliphatic rings. The van der Waals surface area contributed by atoms with Gasteiger partial charge in [0.25, 0.3) is 0 Å². The smallest absolute Gasteiger partial charge is 0.407 e. The van der Waals surface area contributed by atoms with Gasteiger partial charge in [0.15, 0.2) is 11.4 Å². The quantitative estimate of drug-likeness (QED) is 0.359. The van der Waals surface area contributed by atoms with E-state index in [2.05, 4.69) is 17.4 Å². The molecule has 0 unspecified atom stereocenters. The lowest BCUT2D eigenvalue weighted by atomic mass is 10.0. The molecule has 1 aromatic heterocycles. The van der Waals surface area contributed by atoms with Crippen LogP contribution in [-0.2, 0) is 6.42 Å². The van der Waals surface area contributed by atoms with Gasteiger partial charge in [-0.1, -0.05) is 60.7 Å². The average Bonchev–Trinajstić information content (AvgIpc) is 3.14. The van der Waals surface area contributed by atoms with Crippen molar-refractivity contribution >= 4 is 22.9 Å². The fourth-order valence-electron chi connectivity index (χ4n) is 3.48. The van der Waals surface area contributed by atoms with Gasteiger partial charge in [0.05, 0.1) is 5.52 Å². The lowest BCUT2D eigenvalue weighted by Gasteiger charge is -2.06. The van der Waals surface area contributed by atoms with E-state index in [1.165, 1.54) is 11.6 Å². The summed E-state index contributed by atoms with van der Waals surface area (Å²) in [6.07, 6.45) is 2.65. The Labute approximate surface area is 179 Å². The van der Waals surface area contributed by atoms with Gasteiger partial charge in [-0.2, -0.15) is 4.57 Å². The Kier molecular flexibility index (Phi) is 6.08. The van der Waals surface area contributed by atoms with Gasteiger partial charge < -0.3 is 9.73 Å². The van der Waals surface area contributed by atoms with Crippen molar-refractivity contribution in [1.29, 1.82) is 0 Å². The van der Waals surface area contributed by atoms with E-state index < -0.39 is 11.8 Å². The minimum Gasteiger partial charge on any atom is -0.407 e. The van der Waals surface area contributed by atoms with Crippen molar-refractivity contribution in [3.8, 4) is 0 Å². The summed E-state index contributed by atoms with van der Waals surface area (Å²) in [5.41, 5.74) is 2.71. The molecule has 0 saturated carbocycles. The number of rotatable bonds is 7. The van der Waals surface area contributed by atoms with Gasteiger partial charge in [-0.3, -0.25) is 4.79 Å². The number of amides is 1. The molecule has 6 heteroatoms. The van der Waals surface area contributed by atoms with Crippen LogP contribution in [0.15, 0.2) is 88.1 Å². The molecule has 0 aliphatic carbocycles. The van der Waals surface area contributed by atoms with E-state index in [0.29, 0.717) is 23.2 Å². The van der Waals surface area contributed by atoms with Crippen molar-refractivity contribution in [1.82, 2.24) is 9.88 Å². The summed E-state index contributed by atoms with van der Waals surface area (Å²) in [7, 11) is 0. The van der Waals surface area contributed by atoms with E-state index in [4.69, 9.17) is 4.42 Å². The highest BCUT2D eigenvalue weighted by Crippen LogP contribution is 2.18. The molecule has 1 heterocycles. The van der Waals surface area contributed by atoms with E-state index in [1.54, 1.807) is 36.4 Å². The summed E-state index contributed by atoms with van der Waals surface area (Å²) < 4.78 is 6.19. The Morgan fingerprint density at radius 3 is 2.29 bits per heavy atom. The molecule has 6 nitrogen and oxygen atoms in total. The second-order valence-corrected chi connectivity index (χ2v) is 7.26. The van der Waals surface area contributed by atoms with Crippen LogP contribution in [0.4, 0.5) is 4.79 Å². The number of oxazole rings is 1. The number of carbonyl (C=O) groups is 2. The Bertz CT molecular complexity index is 1260. The van der Waals surface area contributed by atoms with Crippen LogP contribution in [0.5, 0.6) is 0 Å². The molecule has 4 rings (SSSR count). The SMILES string of the molecule is O=C(c1ccccc1)c1ccc2c(c1)oc(=O)n2C(=O)NCCCCc1ccccc1. The number of aromatic nitrogens is 1. The largest absolute Gasteiger partial charge is 0.428 e. The zero-order valence-electron chi connectivity index (χ0n) is 16.9. The third-order valence-corrected chi connectivity index (χ3v) is 5.09. The molecule has 1 N–H and O–H groups in total. The van der Waals surface area contributed by atoms with Crippen molar-refractivity contribution in [3.05, 3.63) is 106 Å². The molecule has 4 aromatic rings. The van der Waals surface area contributed by atoms with Crippen LogP contribution in [0.3, 0.4) is 0 Å². The first-order chi connectivity index (χ1) is 15.1. The van der Waals surface area contributed by atoms with Crippen LogP contribution in [0.1, 0.15) is 34.3 Å². The molecular formula is C25H22N2O4. The fourth-order valence-corrected chi connectivity index (χ4v) is 3.48. The highest BCUT2D eigenvalue weighted by Gasteiger charge is 2.18. The van der Waals surface area contributed by atoms with E-state index in [0.717, 1.165) is 23.8 Å². The molecule has 31 heavy (non-hydrogen) atoms. The van der Waals surface area contributed by atoms with E-state index >= 15 is 0 Å². The van der Waals surface area contributed by atoms with Crippen LogP contribution < -0.4 is 11.1 Å². The van der Waals surface area contributed by atoms with E-state index in [1.807, 2.05) is 24.3 Å². The van der Waals surface area contributed by atoms with Crippen LogP contribution in [0, 0.1) is 0 Å². The monoisotopic (exact) mass is 414 g/mol. The maximum atomic E-state index is 12.6. The number of unbranched alkanes of at least 4 members (excludes halogenated alkanes) is 1. The van der Waals surface area contributed by atoms with Gasteiger partial charge in [-0.05, 0) is 43.0 Å². The maximum Gasteiger partial charge on any atom is 0.428 e. The topological polar surface area (TPSA) is 81.3 Å². The van der Waals surface area contributed by atoms with E-state index in [9.17, 15) is 14.4 Å². The third-order valence-electron chi connectivity index (χ3n) is 5.09. The lowest BCUT2D eigenvalue weighted by molar-refractivity contribution is 0.103. The van der Waals surface area contributed by atoms with Gasteiger partial charge in [0.2, 0.25) is 0 Å². The molecule has 0 bridgehead atoms. The summed E-state index contributed by atoms with van der Waals surface area (Å²) in [4.78, 5) is 37.4. The Morgan fingerprint density at radius 2 is 1.55 bits per heavy atom. The molecule has 3 aromatic carbocycles. The highest BCUT2D eigenvalue weighted by atomic mass is 16.4. The molecule has 0 atom stereocenters. The van der Waals surface area contributed by atoms with Gasteiger partial charge in [0, 0.05) is 17.7 Å². The number of nitrogens with zero attached hydrogens (tertiary/aromatic N) is 1. The number of nitrogens with one attached hydrogen (secondary N) is 1. The highest BCUT2D eigenvalue weighted by molar-refractivity contribution is 6.10. The fraction of sp³-hybridized carbons (Fsp3) is 0.160. The van der Waals surface area contributed by atoms with Crippen molar-refractivity contribution in [3.63, 3.8) is 0 Å². The van der Waals surface area contributed by atoms with Crippen LogP contribution in [-0.4, -0.2) is 22.9 Å². The Morgan fingerprint density at radius 1 is 0.839 bits per heavy atom. The number of hydrogen-bond acceptors (Lipinski definition) is 4. The van der Waals surface area contributed by atoms with Crippen LogP contribution >= 0.6 is 0 Å². The van der Waals surface area contributed by atoms with Gasteiger partial charge in [-0.25, -0.2) is 9.59 Å². The Hall–Kier alpha value is -3.93. The normalized spacial score (nSPS) is 10.8. The number of carbonyl (C=O) groups excluding carboxylic acids is 2. The van der Waals surface area contributed by atoms with Gasteiger partial charge >= 0.3 is 11.8 Å². The minimum absolute atomic E-state index is 0.180. The molecule has 0 radical (unpaired) electrons. The number of hydrogen-bond donors (Lipinski definition) is 1. The number of benzene rings is 3. The first-order valence-electron chi connectivity index (χ1n) is 10.2. The molecule has 156 valence electrons. The summed E-state index contributed by atoms with van der Waals surface area (Å²) >= 11 is 0. The third kappa shape index (κ3) is 4.64. The summed E-state index contributed by atoms with van der Waals surface area (Å²) in [5.74, 6) is -0.957. The zero-order valence-corrected chi connectivity index (χ0v) is 16.9. The number of ketones is 1. The predicted molar refractivity (Wildman–Crippen MR) is 119 cm³/mol. The molecule has 0 spiro atoms. The van der Waals surface area contributed by atoms with Crippen molar-refractivity contribution in [2.24, 2.45) is 0 Å². The minimum atomic E-state index is -0.777. The second kappa shape index (κ2) is 9.26. The second-order valence-electron chi connectivity index (χ2n) is 7.26. The summed E-state index contributed by atoms with van der Waals surface area (Å²) in [6, 6.07) is 23.1. The number of fused-ring (bicyclic) bond motifs is 1. The maximum absolute atomic E-state index is 12.6. The molecule has 0 aliphatic heterocycles.